The first kappa shape index (κ1) is 14.5. The highest BCUT2D eigenvalue weighted by molar-refractivity contribution is 7.99. The Bertz CT molecular complexity index is 564. The Morgan fingerprint density at radius 1 is 1.25 bits per heavy atom. The van der Waals surface area contributed by atoms with Gasteiger partial charge in [-0.3, -0.25) is 4.79 Å². The molecule has 1 aromatic heterocycles. The molecule has 104 valence electrons. The fourth-order valence-electron chi connectivity index (χ4n) is 1.83. The highest BCUT2D eigenvalue weighted by Crippen LogP contribution is 2.25. The second-order valence-corrected chi connectivity index (χ2v) is 5.46. The van der Waals surface area contributed by atoms with E-state index in [-0.39, 0.29) is 0 Å². The normalized spacial score (nSPS) is 13.7. The summed E-state index contributed by atoms with van der Waals surface area (Å²) in [6, 6.07) is 11.0. The largest absolute Gasteiger partial charge is 0.368 e. The van der Waals surface area contributed by atoms with Crippen molar-refractivity contribution in [2.75, 3.05) is 5.75 Å². The molecule has 2 rings (SSSR count). The molecule has 2 aromatic rings. The van der Waals surface area contributed by atoms with E-state index in [9.17, 15) is 4.79 Å². The molecule has 6 heteroatoms. The van der Waals surface area contributed by atoms with E-state index in [1.54, 1.807) is 6.20 Å². The van der Waals surface area contributed by atoms with Crippen LogP contribution in [0.3, 0.4) is 0 Å². The molecule has 0 aliphatic carbocycles. The summed E-state index contributed by atoms with van der Waals surface area (Å²) in [6.07, 6.45) is 3.61. The third-order valence-corrected chi connectivity index (χ3v) is 3.98. The lowest BCUT2D eigenvalue weighted by Gasteiger charge is -2.26. The second kappa shape index (κ2) is 6.49. The van der Waals surface area contributed by atoms with Crippen LogP contribution in [0.15, 0.2) is 53.9 Å². The van der Waals surface area contributed by atoms with Crippen molar-refractivity contribution >= 4 is 17.7 Å². The second-order valence-electron chi connectivity index (χ2n) is 4.35. The van der Waals surface area contributed by atoms with E-state index in [1.165, 1.54) is 18.1 Å². The molecule has 0 spiro atoms. The molecule has 0 aliphatic rings. The van der Waals surface area contributed by atoms with E-state index in [4.69, 9.17) is 11.5 Å². The molecule has 1 aromatic carbocycles. The van der Waals surface area contributed by atoms with Gasteiger partial charge in [-0.2, -0.15) is 0 Å². The minimum absolute atomic E-state index is 0.445. The van der Waals surface area contributed by atoms with Crippen LogP contribution in [-0.2, 0) is 10.3 Å². The molecule has 20 heavy (non-hydrogen) atoms. The van der Waals surface area contributed by atoms with Gasteiger partial charge >= 0.3 is 0 Å². The van der Waals surface area contributed by atoms with Gasteiger partial charge in [0, 0.05) is 11.9 Å². The molecule has 0 radical (unpaired) electrons. The number of benzene rings is 1. The molecule has 5 nitrogen and oxygen atoms in total. The number of hydrogen-bond donors (Lipinski definition) is 2. The Labute approximate surface area is 121 Å². The van der Waals surface area contributed by atoms with Gasteiger partial charge in [0.2, 0.25) is 5.91 Å². The number of carbonyl (C=O) groups is 1. The van der Waals surface area contributed by atoms with Crippen molar-refractivity contribution in [2.24, 2.45) is 11.5 Å². The standard InChI is InChI=1S/C14H16N4OS/c15-13(19)14(16,11-4-2-1-3-5-11)7-9-20-12-6-8-17-10-18-12/h1-6,8,10H,7,9,16H2,(H2,15,19). The molecular formula is C14H16N4OS. The highest BCUT2D eigenvalue weighted by atomic mass is 32.2. The minimum Gasteiger partial charge on any atom is -0.368 e. The Hall–Kier alpha value is -1.92. The zero-order valence-electron chi connectivity index (χ0n) is 10.9. The van der Waals surface area contributed by atoms with Crippen LogP contribution in [0.2, 0.25) is 0 Å². The number of primary amides is 1. The maximum Gasteiger partial charge on any atom is 0.242 e. The number of amides is 1. The van der Waals surface area contributed by atoms with Gasteiger partial charge < -0.3 is 11.5 Å². The van der Waals surface area contributed by atoms with Crippen molar-refractivity contribution in [1.82, 2.24) is 9.97 Å². The molecule has 1 amide bonds. The summed E-state index contributed by atoms with van der Waals surface area (Å²) in [4.78, 5) is 19.7. The van der Waals surface area contributed by atoms with E-state index < -0.39 is 11.4 Å². The number of nitrogens with zero attached hydrogens (tertiary/aromatic N) is 2. The number of rotatable bonds is 6. The van der Waals surface area contributed by atoms with Gasteiger partial charge in [-0.15, -0.1) is 11.8 Å². The van der Waals surface area contributed by atoms with Gasteiger partial charge in [0.15, 0.2) is 0 Å². The van der Waals surface area contributed by atoms with E-state index in [1.807, 2.05) is 36.4 Å². The number of carbonyl (C=O) groups excluding carboxylic acids is 1. The zero-order valence-corrected chi connectivity index (χ0v) is 11.7. The molecule has 1 atom stereocenters. The molecule has 4 N–H and O–H groups in total. The van der Waals surface area contributed by atoms with Crippen LogP contribution in [-0.4, -0.2) is 21.6 Å². The smallest absolute Gasteiger partial charge is 0.242 e. The average Bonchev–Trinajstić information content (AvgIpc) is 2.49. The van der Waals surface area contributed by atoms with Crippen molar-refractivity contribution < 1.29 is 4.79 Å². The first-order valence-corrected chi connectivity index (χ1v) is 7.14. The van der Waals surface area contributed by atoms with Gasteiger partial charge in [0.25, 0.3) is 0 Å². The van der Waals surface area contributed by atoms with Crippen LogP contribution >= 0.6 is 11.8 Å². The molecule has 0 saturated heterocycles. The fraction of sp³-hybridized carbons (Fsp3) is 0.214. The van der Waals surface area contributed by atoms with Gasteiger partial charge in [0.05, 0.1) is 5.03 Å². The van der Waals surface area contributed by atoms with E-state index in [0.717, 1.165) is 10.6 Å². The SMILES string of the molecule is NC(=O)C(N)(CCSc1ccncn1)c1ccccc1. The summed E-state index contributed by atoms with van der Waals surface area (Å²) in [7, 11) is 0. The van der Waals surface area contributed by atoms with Crippen molar-refractivity contribution in [3.8, 4) is 0 Å². The van der Waals surface area contributed by atoms with E-state index in [0.29, 0.717) is 12.2 Å². The third kappa shape index (κ3) is 3.34. The highest BCUT2D eigenvalue weighted by Gasteiger charge is 2.33. The summed E-state index contributed by atoms with van der Waals surface area (Å²) in [5.41, 5.74) is 11.3. The molecular weight excluding hydrogens is 272 g/mol. The third-order valence-electron chi connectivity index (χ3n) is 3.03. The van der Waals surface area contributed by atoms with Gasteiger partial charge in [-0.05, 0) is 18.1 Å². The minimum atomic E-state index is -1.15. The van der Waals surface area contributed by atoms with Gasteiger partial charge in [0.1, 0.15) is 11.9 Å². The van der Waals surface area contributed by atoms with Crippen LogP contribution in [0.5, 0.6) is 0 Å². The molecule has 0 aliphatic heterocycles. The van der Waals surface area contributed by atoms with Gasteiger partial charge in [-0.1, -0.05) is 30.3 Å². The van der Waals surface area contributed by atoms with Crippen LogP contribution in [0.25, 0.3) is 0 Å². The number of hydrogen-bond acceptors (Lipinski definition) is 5. The topological polar surface area (TPSA) is 94.9 Å². The molecule has 0 fully saturated rings. The molecule has 1 heterocycles. The van der Waals surface area contributed by atoms with Crippen LogP contribution in [0, 0.1) is 0 Å². The number of aromatic nitrogens is 2. The molecule has 0 saturated carbocycles. The lowest BCUT2D eigenvalue weighted by molar-refractivity contribution is -0.123. The molecule has 0 bridgehead atoms. The monoisotopic (exact) mass is 288 g/mol. The number of thioether (sulfide) groups is 1. The Kier molecular flexibility index (Phi) is 4.70. The van der Waals surface area contributed by atoms with Crippen molar-refractivity contribution in [2.45, 2.75) is 17.0 Å². The Morgan fingerprint density at radius 3 is 2.60 bits per heavy atom. The van der Waals surface area contributed by atoms with Crippen molar-refractivity contribution in [3.63, 3.8) is 0 Å². The Balaban J connectivity index is 2.05. The first-order chi connectivity index (χ1) is 9.63. The lowest BCUT2D eigenvalue weighted by atomic mass is 9.88. The maximum absolute atomic E-state index is 11.7. The van der Waals surface area contributed by atoms with Crippen LogP contribution in [0.1, 0.15) is 12.0 Å². The average molecular weight is 288 g/mol. The number of nitrogens with two attached hydrogens (primary N) is 2. The zero-order chi connectivity index (χ0) is 14.4. The summed E-state index contributed by atoms with van der Waals surface area (Å²) in [6.45, 7) is 0. The first-order valence-electron chi connectivity index (χ1n) is 6.16. The van der Waals surface area contributed by atoms with Crippen molar-refractivity contribution in [3.05, 3.63) is 54.5 Å². The van der Waals surface area contributed by atoms with Crippen LogP contribution < -0.4 is 11.5 Å². The summed E-state index contributed by atoms with van der Waals surface area (Å²) in [5, 5.41) is 0.847. The Morgan fingerprint density at radius 2 is 2.00 bits per heavy atom. The maximum atomic E-state index is 11.7. The lowest BCUT2D eigenvalue weighted by Crippen LogP contribution is -2.49. The summed E-state index contributed by atoms with van der Waals surface area (Å²) >= 11 is 1.52. The van der Waals surface area contributed by atoms with Crippen LogP contribution in [0.4, 0.5) is 0 Å². The molecule has 1 unspecified atom stereocenters. The quantitative estimate of drug-likeness (QED) is 0.617. The predicted molar refractivity (Wildman–Crippen MR) is 78.9 cm³/mol. The van der Waals surface area contributed by atoms with Crippen molar-refractivity contribution in [1.29, 1.82) is 0 Å². The van der Waals surface area contributed by atoms with E-state index >= 15 is 0 Å². The van der Waals surface area contributed by atoms with Gasteiger partial charge in [-0.25, -0.2) is 9.97 Å². The van der Waals surface area contributed by atoms with E-state index in [2.05, 4.69) is 9.97 Å². The summed E-state index contributed by atoms with van der Waals surface area (Å²) < 4.78 is 0. The summed E-state index contributed by atoms with van der Waals surface area (Å²) in [5.74, 6) is 0.123. The fourth-order valence-corrected chi connectivity index (χ4v) is 2.74. The predicted octanol–water partition coefficient (Wildman–Crippen LogP) is 1.30.